The summed E-state index contributed by atoms with van der Waals surface area (Å²) in [6.45, 7) is 12.1. The molecule has 1 fully saturated rings. The predicted octanol–water partition coefficient (Wildman–Crippen LogP) is 2.96. The van der Waals surface area contributed by atoms with Crippen LogP contribution in [-0.4, -0.2) is 46.3 Å². The lowest BCUT2D eigenvalue weighted by molar-refractivity contribution is 0.164. The van der Waals surface area contributed by atoms with E-state index >= 15 is 0 Å². The summed E-state index contributed by atoms with van der Waals surface area (Å²) in [6, 6.07) is 7.51. The van der Waals surface area contributed by atoms with Crippen LogP contribution in [0, 0.1) is 0 Å². The lowest BCUT2D eigenvalue weighted by Crippen LogP contribution is -2.47. The van der Waals surface area contributed by atoms with Crippen LogP contribution >= 0.6 is 0 Å². The Morgan fingerprint density at radius 1 is 1.08 bits per heavy atom. The van der Waals surface area contributed by atoms with Gasteiger partial charge in [0.25, 0.3) is 0 Å². The van der Waals surface area contributed by atoms with Gasteiger partial charge in [-0.25, -0.2) is 0 Å². The molecule has 130 valence electrons. The molecule has 6 nitrogen and oxygen atoms in total. The Kier molecular flexibility index (Phi) is 4.49. The van der Waals surface area contributed by atoms with Gasteiger partial charge in [0.2, 0.25) is 5.89 Å². The monoisotopic (exact) mass is 330 g/mol. The topological polar surface area (TPSA) is 65.6 Å². The minimum Gasteiger partial charge on any atom is -0.508 e. The zero-order valence-corrected chi connectivity index (χ0v) is 14.9. The molecule has 1 aromatic carbocycles. The van der Waals surface area contributed by atoms with E-state index in [9.17, 15) is 5.11 Å². The quantitative estimate of drug-likeness (QED) is 0.933. The second-order valence-corrected chi connectivity index (χ2v) is 7.42. The van der Waals surface area contributed by atoms with E-state index in [2.05, 4.69) is 47.6 Å². The maximum Gasteiger partial charge on any atom is 0.243 e. The van der Waals surface area contributed by atoms with E-state index in [-0.39, 0.29) is 11.5 Å². The summed E-state index contributed by atoms with van der Waals surface area (Å²) < 4.78 is 5.49. The van der Waals surface area contributed by atoms with Gasteiger partial charge in [0, 0.05) is 37.3 Å². The highest BCUT2D eigenvalue weighted by Crippen LogP contribution is 2.26. The summed E-state index contributed by atoms with van der Waals surface area (Å²) in [7, 11) is 0. The van der Waals surface area contributed by atoms with E-state index in [4.69, 9.17) is 4.52 Å². The van der Waals surface area contributed by atoms with Gasteiger partial charge >= 0.3 is 0 Å². The first-order valence-corrected chi connectivity index (χ1v) is 8.47. The molecule has 1 N–H and O–H groups in total. The Morgan fingerprint density at radius 3 is 2.25 bits per heavy atom. The average molecular weight is 330 g/mol. The molecule has 2 heterocycles. The van der Waals surface area contributed by atoms with E-state index in [0.717, 1.165) is 37.7 Å². The Labute approximate surface area is 143 Å². The Hall–Kier alpha value is -2.08. The number of phenols is 1. The van der Waals surface area contributed by atoms with Crippen LogP contribution in [0.25, 0.3) is 0 Å². The van der Waals surface area contributed by atoms with Crippen LogP contribution in [0.5, 0.6) is 5.75 Å². The summed E-state index contributed by atoms with van der Waals surface area (Å²) in [4.78, 5) is 9.28. The van der Waals surface area contributed by atoms with Gasteiger partial charge in [-0.3, -0.25) is 4.90 Å². The third-order valence-corrected chi connectivity index (χ3v) is 4.55. The molecule has 1 unspecified atom stereocenters. The first kappa shape index (κ1) is 16.8. The van der Waals surface area contributed by atoms with Crippen molar-refractivity contribution in [2.24, 2.45) is 0 Å². The predicted molar refractivity (Wildman–Crippen MR) is 93.3 cm³/mol. The molecule has 1 aliphatic heterocycles. The summed E-state index contributed by atoms with van der Waals surface area (Å²) in [5, 5.41) is 13.5. The van der Waals surface area contributed by atoms with Crippen LogP contribution in [-0.2, 0) is 5.41 Å². The number of piperazine rings is 1. The van der Waals surface area contributed by atoms with Crippen LogP contribution in [0.3, 0.4) is 0 Å². The van der Waals surface area contributed by atoms with E-state index < -0.39 is 0 Å². The molecule has 0 spiro atoms. The van der Waals surface area contributed by atoms with Crippen molar-refractivity contribution in [1.29, 1.82) is 0 Å². The van der Waals surface area contributed by atoms with Crippen LogP contribution in [0.4, 0.5) is 5.69 Å². The van der Waals surface area contributed by atoms with Crippen LogP contribution in [0.2, 0.25) is 0 Å². The van der Waals surface area contributed by atoms with Gasteiger partial charge in [0.15, 0.2) is 5.82 Å². The van der Waals surface area contributed by atoms with Crippen molar-refractivity contribution in [1.82, 2.24) is 15.0 Å². The number of aromatic hydroxyl groups is 1. The highest BCUT2D eigenvalue weighted by atomic mass is 16.5. The average Bonchev–Trinajstić information content (AvgIpc) is 3.05. The van der Waals surface area contributed by atoms with E-state index in [0.29, 0.717) is 11.6 Å². The molecule has 1 aliphatic rings. The normalized spacial score (nSPS) is 17.9. The molecule has 0 aliphatic carbocycles. The van der Waals surface area contributed by atoms with Crippen molar-refractivity contribution in [2.75, 3.05) is 31.1 Å². The molecule has 0 saturated carbocycles. The number of rotatable bonds is 3. The number of aromatic nitrogens is 2. The third-order valence-electron chi connectivity index (χ3n) is 4.55. The second kappa shape index (κ2) is 6.43. The minimum atomic E-state index is -0.0982. The van der Waals surface area contributed by atoms with Gasteiger partial charge in [-0.2, -0.15) is 4.98 Å². The third kappa shape index (κ3) is 3.53. The van der Waals surface area contributed by atoms with Crippen molar-refractivity contribution >= 4 is 5.69 Å². The number of phenolic OH excluding ortho intramolecular Hbond substituents is 1. The molecule has 2 aromatic rings. The van der Waals surface area contributed by atoms with Crippen molar-refractivity contribution in [3.05, 3.63) is 36.0 Å². The minimum absolute atomic E-state index is 0.0982. The molecule has 1 atom stereocenters. The smallest absolute Gasteiger partial charge is 0.243 e. The molecule has 1 aromatic heterocycles. The standard InChI is InChI=1S/C18H26N4O2/c1-13(16-19-17(20-24-16)18(2,3)4)21-9-11-22(12-10-21)14-5-7-15(23)8-6-14/h5-8,13,23H,9-12H2,1-4H3. The van der Waals surface area contributed by atoms with Crippen molar-refractivity contribution in [3.8, 4) is 5.75 Å². The molecule has 3 rings (SSSR count). The number of hydrogen-bond acceptors (Lipinski definition) is 6. The first-order chi connectivity index (χ1) is 11.3. The van der Waals surface area contributed by atoms with Gasteiger partial charge in [-0.1, -0.05) is 25.9 Å². The fourth-order valence-electron chi connectivity index (χ4n) is 2.90. The van der Waals surface area contributed by atoms with Crippen molar-refractivity contribution in [3.63, 3.8) is 0 Å². The number of hydrogen-bond donors (Lipinski definition) is 1. The fraction of sp³-hybridized carbons (Fsp3) is 0.556. The number of anilines is 1. The summed E-state index contributed by atoms with van der Waals surface area (Å²) in [6.07, 6.45) is 0. The molecule has 0 radical (unpaired) electrons. The molecular weight excluding hydrogens is 304 g/mol. The number of benzene rings is 1. The van der Waals surface area contributed by atoms with E-state index in [1.165, 1.54) is 0 Å². The fourth-order valence-corrected chi connectivity index (χ4v) is 2.90. The largest absolute Gasteiger partial charge is 0.508 e. The summed E-state index contributed by atoms with van der Waals surface area (Å²) >= 11 is 0. The molecule has 6 heteroatoms. The first-order valence-electron chi connectivity index (χ1n) is 8.47. The van der Waals surface area contributed by atoms with Gasteiger partial charge in [-0.05, 0) is 31.2 Å². The van der Waals surface area contributed by atoms with E-state index in [1.54, 1.807) is 12.1 Å². The SMILES string of the molecule is CC(c1nc(C(C)(C)C)no1)N1CCN(c2ccc(O)cc2)CC1. The highest BCUT2D eigenvalue weighted by molar-refractivity contribution is 5.49. The Balaban J connectivity index is 1.61. The Bertz CT molecular complexity index is 667. The zero-order chi connectivity index (χ0) is 17.3. The van der Waals surface area contributed by atoms with Crippen LogP contribution in [0.15, 0.2) is 28.8 Å². The maximum atomic E-state index is 9.41. The van der Waals surface area contributed by atoms with Crippen LogP contribution in [0.1, 0.15) is 45.5 Å². The molecule has 0 bridgehead atoms. The van der Waals surface area contributed by atoms with Gasteiger partial charge in [-0.15, -0.1) is 0 Å². The van der Waals surface area contributed by atoms with Gasteiger partial charge in [0.1, 0.15) is 5.75 Å². The van der Waals surface area contributed by atoms with Gasteiger partial charge < -0.3 is 14.5 Å². The second-order valence-electron chi connectivity index (χ2n) is 7.42. The lowest BCUT2D eigenvalue weighted by atomic mass is 9.96. The maximum absolute atomic E-state index is 9.41. The molecule has 1 saturated heterocycles. The molecular formula is C18H26N4O2. The highest BCUT2D eigenvalue weighted by Gasteiger charge is 2.28. The molecule has 24 heavy (non-hydrogen) atoms. The van der Waals surface area contributed by atoms with E-state index in [1.807, 2.05) is 12.1 Å². The zero-order valence-electron chi connectivity index (χ0n) is 14.9. The van der Waals surface area contributed by atoms with Crippen molar-refractivity contribution in [2.45, 2.75) is 39.2 Å². The van der Waals surface area contributed by atoms with Crippen LogP contribution < -0.4 is 4.90 Å². The summed E-state index contributed by atoms with van der Waals surface area (Å²) in [5.41, 5.74) is 1.05. The summed E-state index contributed by atoms with van der Waals surface area (Å²) in [5.74, 6) is 1.75. The van der Waals surface area contributed by atoms with Crippen molar-refractivity contribution < 1.29 is 9.63 Å². The lowest BCUT2D eigenvalue weighted by Gasteiger charge is -2.38. The molecule has 0 amide bonds. The van der Waals surface area contributed by atoms with Gasteiger partial charge in [0.05, 0.1) is 6.04 Å². The Morgan fingerprint density at radius 2 is 1.71 bits per heavy atom. The number of nitrogens with zero attached hydrogens (tertiary/aromatic N) is 4.